The van der Waals surface area contributed by atoms with E-state index in [0.29, 0.717) is 0 Å². The van der Waals surface area contributed by atoms with Gasteiger partial charge < -0.3 is 9.84 Å². The quantitative estimate of drug-likeness (QED) is 0.833. The summed E-state index contributed by atoms with van der Waals surface area (Å²) in [6.07, 6.45) is 3.66. The highest BCUT2D eigenvalue weighted by atomic mass is 16.5. The molecule has 1 atom stereocenters. The molecule has 2 aromatic rings. The minimum Gasteiger partial charge on any atom is -0.497 e. The van der Waals surface area contributed by atoms with Gasteiger partial charge >= 0.3 is 0 Å². The Morgan fingerprint density at radius 1 is 1.22 bits per heavy atom. The highest BCUT2D eigenvalue weighted by Crippen LogP contribution is 2.31. The van der Waals surface area contributed by atoms with Crippen molar-refractivity contribution >= 4 is 10.8 Å². The van der Waals surface area contributed by atoms with Gasteiger partial charge in [0.2, 0.25) is 0 Å². The summed E-state index contributed by atoms with van der Waals surface area (Å²) in [6, 6.07) is 11.8. The zero-order chi connectivity index (χ0) is 13.2. The van der Waals surface area contributed by atoms with Crippen LogP contribution in [0.25, 0.3) is 10.8 Å². The number of methoxy groups -OCH3 is 1. The van der Waals surface area contributed by atoms with Crippen molar-refractivity contribution in [3.63, 3.8) is 0 Å². The van der Waals surface area contributed by atoms with E-state index < -0.39 is 5.60 Å². The number of hydrogen-bond acceptors (Lipinski definition) is 2. The molecule has 0 saturated carbocycles. The largest absolute Gasteiger partial charge is 0.497 e. The Morgan fingerprint density at radius 3 is 2.67 bits per heavy atom. The zero-order valence-corrected chi connectivity index (χ0v) is 11.0. The molecular weight excluding hydrogens is 224 g/mol. The van der Waals surface area contributed by atoms with E-state index in [-0.39, 0.29) is 0 Å². The standard InChI is InChI=1S/C16H18O2/c1-4-10-16(2,17)15-7-5-6-12-11-13(18-3)8-9-14(12)15/h4-11,17H,1-3H3. The number of aliphatic hydroxyl groups is 1. The normalized spacial score (nSPS) is 14.9. The second-order valence-electron chi connectivity index (χ2n) is 4.54. The molecule has 1 N–H and O–H groups in total. The van der Waals surface area contributed by atoms with E-state index >= 15 is 0 Å². The molecule has 0 heterocycles. The Hall–Kier alpha value is -1.80. The summed E-state index contributed by atoms with van der Waals surface area (Å²) in [5.74, 6) is 0.824. The third-order valence-corrected chi connectivity index (χ3v) is 3.12. The molecular formula is C16H18O2. The average molecular weight is 242 g/mol. The van der Waals surface area contributed by atoms with E-state index in [1.165, 1.54) is 0 Å². The van der Waals surface area contributed by atoms with E-state index in [9.17, 15) is 5.11 Å². The maximum absolute atomic E-state index is 10.5. The van der Waals surface area contributed by atoms with Gasteiger partial charge in [-0.05, 0) is 42.3 Å². The molecule has 2 rings (SSSR count). The Morgan fingerprint density at radius 2 is 2.00 bits per heavy atom. The summed E-state index contributed by atoms with van der Waals surface area (Å²) in [5, 5.41) is 12.6. The molecule has 0 spiro atoms. The predicted molar refractivity (Wildman–Crippen MR) is 74.9 cm³/mol. The summed E-state index contributed by atoms with van der Waals surface area (Å²) >= 11 is 0. The Kier molecular flexibility index (Phi) is 3.39. The van der Waals surface area contributed by atoms with Gasteiger partial charge in [0.1, 0.15) is 11.4 Å². The van der Waals surface area contributed by atoms with Gasteiger partial charge in [-0.1, -0.05) is 36.4 Å². The molecule has 0 saturated heterocycles. The van der Waals surface area contributed by atoms with Gasteiger partial charge in [0.15, 0.2) is 0 Å². The lowest BCUT2D eigenvalue weighted by Gasteiger charge is -2.21. The van der Waals surface area contributed by atoms with Crippen molar-refractivity contribution in [2.24, 2.45) is 0 Å². The first-order chi connectivity index (χ1) is 8.58. The van der Waals surface area contributed by atoms with Gasteiger partial charge in [-0.2, -0.15) is 0 Å². The van der Waals surface area contributed by atoms with Gasteiger partial charge in [-0.3, -0.25) is 0 Å². The first-order valence-electron chi connectivity index (χ1n) is 6.02. The molecule has 0 aliphatic rings. The Balaban J connectivity index is 2.66. The molecule has 0 aliphatic carbocycles. The number of hydrogen-bond donors (Lipinski definition) is 1. The van der Waals surface area contributed by atoms with Crippen LogP contribution in [0.1, 0.15) is 19.4 Å². The molecule has 0 aliphatic heterocycles. The van der Waals surface area contributed by atoms with Gasteiger partial charge in [0, 0.05) is 0 Å². The number of rotatable bonds is 3. The third-order valence-electron chi connectivity index (χ3n) is 3.12. The molecule has 2 aromatic carbocycles. The van der Waals surface area contributed by atoms with Crippen LogP contribution in [0, 0.1) is 0 Å². The lowest BCUT2D eigenvalue weighted by Crippen LogP contribution is -2.17. The molecule has 2 nitrogen and oxygen atoms in total. The van der Waals surface area contributed by atoms with E-state index in [1.54, 1.807) is 20.1 Å². The van der Waals surface area contributed by atoms with Crippen LogP contribution < -0.4 is 4.74 Å². The lowest BCUT2D eigenvalue weighted by atomic mass is 9.90. The van der Waals surface area contributed by atoms with Crippen molar-refractivity contribution < 1.29 is 9.84 Å². The number of allylic oxidation sites excluding steroid dienone is 1. The van der Waals surface area contributed by atoms with E-state index in [4.69, 9.17) is 4.74 Å². The molecule has 2 heteroatoms. The van der Waals surface area contributed by atoms with Crippen LogP contribution in [0.5, 0.6) is 5.75 Å². The second-order valence-corrected chi connectivity index (χ2v) is 4.54. The van der Waals surface area contributed by atoms with Crippen LogP contribution in [0.3, 0.4) is 0 Å². The minimum absolute atomic E-state index is 0.824. The summed E-state index contributed by atoms with van der Waals surface area (Å²) in [7, 11) is 1.65. The maximum Gasteiger partial charge on any atom is 0.119 e. The average Bonchev–Trinajstić information content (AvgIpc) is 2.37. The fourth-order valence-corrected chi connectivity index (χ4v) is 2.24. The van der Waals surface area contributed by atoms with Crippen molar-refractivity contribution in [1.82, 2.24) is 0 Å². The predicted octanol–water partition coefficient (Wildman–Crippen LogP) is 3.63. The van der Waals surface area contributed by atoms with Crippen LogP contribution in [-0.4, -0.2) is 12.2 Å². The highest BCUT2D eigenvalue weighted by Gasteiger charge is 2.21. The summed E-state index contributed by atoms with van der Waals surface area (Å²) in [4.78, 5) is 0. The van der Waals surface area contributed by atoms with Gasteiger partial charge in [-0.25, -0.2) is 0 Å². The fraction of sp³-hybridized carbons (Fsp3) is 0.250. The van der Waals surface area contributed by atoms with E-state index in [2.05, 4.69) is 0 Å². The summed E-state index contributed by atoms with van der Waals surface area (Å²) < 4.78 is 5.22. The highest BCUT2D eigenvalue weighted by molar-refractivity contribution is 5.88. The van der Waals surface area contributed by atoms with Crippen molar-refractivity contribution in [3.05, 3.63) is 54.1 Å². The van der Waals surface area contributed by atoms with Crippen LogP contribution in [-0.2, 0) is 5.60 Å². The number of ether oxygens (including phenoxy) is 1. The van der Waals surface area contributed by atoms with Crippen molar-refractivity contribution in [2.75, 3.05) is 7.11 Å². The van der Waals surface area contributed by atoms with Crippen LogP contribution in [0.4, 0.5) is 0 Å². The summed E-state index contributed by atoms with van der Waals surface area (Å²) in [5.41, 5.74) is -0.0520. The molecule has 0 radical (unpaired) electrons. The second kappa shape index (κ2) is 4.83. The van der Waals surface area contributed by atoms with Gasteiger partial charge in [-0.15, -0.1) is 0 Å². The number of fused-ring (bicyclic) bond motifs is 1. The topological polar surface area (TPSA) is 29.5 Å². The van der Waals surface area contributed by atoms with Crippen molar-refractivity contribution in [1.29, 1.82) is 0 Å². The lowest BCUT2D eigenvalue weighted by molar-refractivity contribution is 0.113. The zero-order valence-electron chi connectivity index (χ0n) is 11.0. The van der Waals surface area contributed by atoms with E-state index in [1.807, 2.05) is 49.4 Å². The fourth-order valence-electron chi connectivity index (χ4n) is 2.24. The molecule has 0 fully saturated rings. The van der Waals surface area contributed by atoms with Gasteiger partial charge in [0.25, 0.3) is 0 Å². The Bertz CT molecular complexity index is 583. The van der Waals surface area contributed by atoms with Crippen LogP contribution >= 0.6 is 0 Å². The maximum atomic E-state index is 10.5. The van der Waals surface area contributed by atoms with Gasteiger partial charge in [0.05, 0.1) is 7.11 Å². The van der Waals surface area contributed by atoms with E-state index in [0.717, 1.165) is 22.1 Å². The van der Waals surface area contributed by atoms with Crippen LogP contribution in [0.2, 0.25) is 0 Å². The Labute approximate surface area is 108 Å². The van der Waals surface area contributed by atoms with Crippen LogP contribution in [0.15, 0.2) is 48.6 Å². The molecule has 0 aromatic heterocycles. The molecule has 18 heavy (non-hydrogen) atoms. The monoisotopic (exact) mass is 242 g/mol. The van der Waals surface area contributed by atoms with Crippen molar-refractivity contribution in [2.45, 2.75) is 19.4 Å². The summed E-state index contributed by atoms with van der Waals surface area (Å²) in [6.45, 7) is 3.70. The molecule has 0 amide bonds. The SMILES string of the molecule is CC=CC(C)(O)c1cccc2cc(OC)ccc12. The smallest absolute Gasteiger partial charge is 0.119 e. The number of benzene rings is 2. The first-order valence-corrected chi connectivity index (χ1v) is 6.02. The first kappa shape index (κ1) is 12.7. The minimum atomic E-state index is -0.956. The molecule has 1 unspecified atom stereocenters. The third kappa shape index (κ3) is 2.24. The molecule has 94 valence electrons. The van der Waals surface area contributed by atoms with Crippen molar-refractivity contribution in [3.8, 4) is 5.75 Å². The molecule has 0 bridgehead atoms.